The Kier molecular flexibility index (Phi) is 8.22. The summed E-state index contributed by atoms with van der Waals surface area (Å²) < 4.78 is 6.91. The Morgan fingerprint density at radius 3 is 1.43 bits per heavy atom. The number of hydrogen-bond acceptors (Lipinski definition) is 2. The smallest absolute Gasteiger partial charge is 0.142 e. The zero-order valence-corrected chi connectivity index (χ0v) is 34.4. The molecule has 0 unspecified atom stereocenters. The van der Waals surface area contributed by atoms with E-state index in [1.165, 1.54) is 66.8 Å². The molecule has 288 valence electrons. The van der Waals surface area contributed by atoms with Gasteiger partial charge in [0.05, 0.1) is 0 Å². The zero-order chi connectivity index (χ0) is 40.6. The Morgan fingerprint density at radius 2 is 0.800 bits per heavy atom. The highest BCUT2D eigenvalue weighted by Gasteiger charge is 2.43. The topological polar surface area (TPSA) is 16.4 Å². The monoisotopic (exact) mass is 771 g/mol. The van der Waals surface area contributed by atoms with Crippen molar-refractivity contribution in [3.8, 4) is 67.2 Å². The van der Waals surface area contributed by atoms with E-state index in [1.807, 2.05) is 0 Å². The third-order valence-corrected chi connectivity index (χ3v) is 13.1. The van der Waals surface area contributed by atoms with Gasteiger partial charge in [0.1, 0.15) is 11.5 Å². The van der Waals surface area contributed by atoms with E-state index in [0.717, 1.165) is 39.7 Å². The molecule has 1 aromatic heterocycles. The van der Waals surface area contributed by atoms with Crippen LogP contribution < -0.4 is 4.90 Å². The molecule has 60 heavy (non-hydrogen) atoms. The van der Waals surface area contributed by atoms with E-state index in [9.17, 15) is 0 Å². The maximum atomic E-state index is 6.91. The van der Waals surface area contributed by atoms with Crippen molar-refractivity contribution in [3.05, 3.63) is 222 Å². The standard InChI is InChI=1S/C58H45NO/c1-57(2)50-23-15-14-22-47(50)48-34-33-46(37-52(48)57)59(44-29-24-39(25-30-44)38-16-8-5-9-17-38)45-31-26-40(27-32-45)43-28-35-51-49(36-43)53-54(58(51,3)4)56(42-20-12-7-13-21-42)60-55(53)41-18-10-6-11-19-41/h5-37H,1-4H3. The number of hydrogen-bond donors (Lipinski definition) is 0. The molecule has 2 nitrogen and oxygen atoms in total. The van der Waals surface area contributed by atoms with E-state index >= 15 is 0 Å². The molecule has 0 atom stereocenters. The van der Waals surface area contributed by atoms with Crippen LogP contribution in [0.5, 0.6) is 0 Å². The normalized spacial score (nSPS) is 13.9. The Hall–Kier alpha value is -7.16. The lowest BCUT2D eigenvalue weighted by molar-refractivity contribution is 0.575. The van der Waals surface area contributed by atoms with E-state index in [0.29, 0.717) is 0 Å². The summed E-state index contributed by atoms with van der Waals surface area (Å²) in [5, 5.41) is 0. The minimum atomic E-state index is -0.239. The fourth-order valence-corrected chi connectivity index (χ4v) is 10.00. The molecule has 0 saturated carbocycles. The molecule has 0 fully saturated rings. The Balaban J connectivity index is 1.01. The Bertz CT molecular complexity index is 3050. The van der Waals surface area contributed by atoms with Gasteiger partial charge in [0.2, 0.25) is 0 Å². The van der Waals surface area contributed by atoms with Crippen molar-refractivity contribution in [1.82, 2.24) is 0 Å². The summed E-state index contributed by atoms with van der Waals surface area (Å²) in [5.74, 6) is 1.88. The summed E-state index contributed by atoms with van der Waals surface area (Å²) in [6.07, 6.45) is 0. The second kappa shape index (κ2) is 13.7. The van der Waals surface area contributed by atoms with Crippen molar-refractivity contribution in [2.75, 3.05) is 4.90 Å². The van der Waals surface area contributed by atoms with Gasteiger partial charge < -0.3 is 9.32 Å². The number of nitrogens with zero attached hydrogens (tertiary/aromatic N) is 1. The van der Waals surface area contributed by atoms with Crippen molar-refractivity contribution >= 4 is 17.1 Å². The lowest BCUT2D eigenvalue weighted by atomic mass is 9.81. The molecule has 11 rings (SSSR count). The molecule has 0 saturated heterocycles. The molecule has 2 aliphatic rings. The summed E-state index contributed by atoms with van der Waals surface area (Å²) in [6.45, 7) is 9.38. The predicted molar refractivity (Wildman–Crippen MR) is 250 cm³/mol. The first-order valence-corrected chi connectivity index (χ1v) is 21.0. The summed E-state index contributed by atoms with van der Waals surface area (Å²) in [5.41, 5.74) is 20.4. The average molecular weight is 772 g/mol. The van der Waals surface area contributed by atoms with Gasteiger partial charge in [0.25, 0.3) is 0 Å². The van der Waals surface area contributed by atoms with Crippen LogP contribution in [0.3, 0.4) is 0 Å². The van der Waals surface area contributed by atoms with Crippen LogP contribution in [0.4, 0.5) is 17.1 Å². The Morgan fingerprint density at radius 1 is 0.333 bits per heavy atom. The molecular formula is C58H45NO. The van der Waals surface area contributed by atoms with Crippen molar-refractivity contribution < 1.29 is 4.42 Å². The molecule has 9 aromatic rings. The highest BCUT2D eigenvalue weighted by atomic mass is 16.3. The quantitative estimate of drug-likeness (QED) is 0.160. The molecular weight excluding hydrogens is 727 g/mol. The average Bonchev–Trinajstić information content (AvgIpc) is 3.89. The largest absolute Gasteiger partial charge is 0.455 e. The summed E-state index contributed by atoms with van der Waals surface area (Å²) in [6, 6.07) is 72.7. The number of anilines is 3. The number of fused-ring (bicyclic) bond motifs is 6. The van der Waals surface area contributed by atoms with Crippen molar-refractivity contribution in [1.29, 1.82) is 0 Å². The van der Waals surface area contributed by atoms with Crippen LogP contribution in [-0.4, -0.2) is 0 Å². The Labute approximate surface area is 353 Å². The van der Waals surface area contributed by atoms with Crippen LogP contribution in [0.1, 0.15) is 49.9 Å². The molecule has 2 aliphatic carbocycles. The molecule has 0 radical (unpaired) electrons. The molecule has 2 heteroatoms. The maximum Gasteiger partial charge on any atom is 0.142 e. The molecule has 8 aromatic carbocycles. The fourth-order valence-electron chi connectivity index (χ4n) is 10.00. The third-order valence-electron chi connectivity index (χ3n) is 13.1. The van der Waals surface area contributed by atoms with E-state index < -0.39 is 0 Å². The van der Waals surface area contributed by atoms with E-state index in [-0.39, 0.29) is 10.8 Å². The van der Waals surface area contributed by atoms with Crippen molar-refractivity contribution in [2.24, 2.45) is 0 Å². The highest BCUT2D eigenvalue weighted by molar-refractivity contribution is 5.96. The molecule has 0 N–H and O–H groups in total. The summed E-state index contributed by atoms with van der Waals surface area (Å²) >= 11 is 0. The zero-order valence-electron chi connectivity index (χ0n) is 34.4. The van der Waals surface area contributed by atoms with Crippen molar-refractivity contribution in [2.45, 2.75) is 38.5 Å². The number of benzene rings is 8. The van der Waals surface area contributed by atoms with Gasteiger partial charge in [-0.1, -0.05) is 185 Å². The van der Waals surface area contributed by atoms with Gasteiger partial charge in [0, 0.05) is 50.1 Å². The van der Waals surface area contributed by atoms with Gasteiger partial charge in [0.15, 0.2) is 0 Å². The van der Waals surface area contributed by atoms with E-state index in [2.05, 4.69) is 233 Å². The predicted octanol–water partition coefficient (Wildman–Crippen LogP) is 16.0. The van der Waals surface area contributed by atoms with Crippen LogP contribution in [0, 0.1) is 0 Å². The van der Waals surface area contributed by atoms with Gasteiger partial charge in [-0.3, -0.25) is 0 Å². The third kappa shape index (κ3) is 5.62. The van der Waals surface area contributed by atoms with Crippen molar-refractivity contribution in [3.63, 3.8) is 0 Å². The molecule has 0 spiro atoms. The van der Waals surface area contributed by atoms with Crippen LogP contribution in [0.2, 0.25) is 0 Å². The second-order valence-electron chi connectivity index (χ2n) is 17.3. The second-order valence-corrected chi connectivity index (χ2v) is 17.3. The van der Waals surface area contributed by atoms with Crippen LogP contribution in [0.25, 0.3) is 67.2 Å². The molecule has 1 heterocycles. The number of rotatable bonds is 7. The van der Waals surface area contributed by atoms with E-state index in [4.69, 9.17) is 4.42 Å². The molecule has 0 aliphatic heterocycles. The van der Waals surface area contributed by atoms with Crippen LogP contribution in [-0.2, 0) is 10.8 Å². The first-order chi connectivity index (χ1) is 29.3. The van der Waals surface area contributed by atoms with Gasteiger partial charge in [-0.2, -0.15) is 0 Å². The minimum absolute atomic E-state index is 0.103. The fraction of sp³-hybridized carbons (Fsp3) is 0.103. The van der Waals surface area contributed by atoms with Gasteiger partial charge in [-0.15, -0.1) is 0 Å². The van der Waals surface area contributed by atoms with Gasteiger partial charge in [-0.05, 0) is 98.1 Å². The number of furan rings is 1. The first-order valence-electron chi connectivity index (χ1n) is 21.0. The minimum Gasteiger partial charge on any atom is -0.455 e. The molecule has 0 amide bonds. The van der Waals surface area contributed by atoms with Crippen LogP contribution in [0.15, 0.2) is 205 Å². The van der Waals surface area contributed by atoms with Crippen LogP contribution >= 0.6 is 0 Å². The van der Waals surface area contributed by atoms with E-state index in [1.54, 1.807) is 0 Å². The molecule has 0 bridgehead atoms. The summed E-state index contributed by atoms with van der Waals surface area (Å²) in [4.78, 5) is 2.40. The summed E-state index contributed by atoms with van der Waals surface area (Å²) in [7, 11) is 0. The maximum absolute atomic E-state index is 6.91. The van der Waals surface area contributed by atoms with Gasteiger partial charge >= 0.3 is 0 Å². The lowest BCUT2D eigenvalue weighted by Gasteiger charge is -2.28. The lowest BCUT2D eigenvalue weighted by Crippen LogP contribution is -2.16. The van der Waals surface area contributed by atoms with Gasteiger partial charge in [-0.25, -0.2) is 0 Å². The highest BCUT2D eigenvalue weighted by Crippen LogP contribution is 2.58. The SMILES string of the molecule is CC1(C)c2ccccc2-c2ccc(N(c3ccc(-c4ccccc4)cc3)c3ccc(-c4ccc5c(c4)-c4c(-c6ccccc6)oc(-c6ccccc6)c4C5(C)C)cc3)cc21. The first kappa shape index (κ1) is 36.0.